The van der Waals surface area contributed by atoms with E-state index < -0.39 is 77.4 Å². The molecule has 1 unspecified atom stereocenters. The minimum absolute atomic E-state index is 0.0297. The number of aliphatic carboxylic acids is 1. The zero-order chi connectivity index (χ0) is 45.6. The number of ether oxygens (including phenoxy) is 6. The van der Waals surface area contributed by atoms with E-state index in [1.807, 2.05) is 69.9 Å². The van der Waals surface area contributed by atoms with Gasteiger partial charge in [-0.05, 0) is 108 Å². The largest absolute Gasteiger partial charge is 0.480 e. The molecule has 0 radical (unpaired) electrons. The third-order valence-electron chi connectivity index (χ3n) is 9.61. The highest BCUT2D eigenvalue weighted by atomic mass is 16.8. The standard InChI is InChI=1S/C43H64N8O11/c1-40(2,3)60-37(54)47-28(36(52)53)19-22-49(20-15-21-50(39(56)62-42(7,8)9)23-18-27-16-13-12-14-17-27)24-29-31-32(59-43(10,11)58-31)35(57-29)51-26-46-30-33(44-25-45-34(30)51)48-38(55)61-41(4,5)6/h12-14,16-17,25-26,28-29,31-32,35H,15,18-24H2,1-11H3,(H,47,54)(H,52,53)(H,44,45,48,55)/t28?,29-,31-,32-,35-/m1/s1. The first-order chi connectivity index (χ1) is 28.9. The number of rotatable bonds is 16. The number of carbonyl (C=O) groups excluding carboxylic acids is 3. The molecule has 0 aliphatic carbocycles. The van der Waals surface area contributed by atoms with Crippen LogP contribution < -0.4 is 10.6 Å². The fourth-order valence-electron chi connectivity index (χ4n) is 7.14. The minimum atomic E-state index is -1.26. The van der Waals surface area contributed by atoms with Crippen molar-refractivity contribution in [2.75, 3.05) is 38.0 Å². The number of fused-ring (bicyclic) bond motifs is 2. The van der Waals surface area contributed by atoms with Crippen LogP contribution in [0.25, 0.3) is 11.2 Å². The molecule has 5 rings (SSSR count). The van der Waals surface area contributed by atoms with E-state index in [0.29, 0.717) is 43.6 Å². The van der Waals surface area contributed by atoms with Gasteiger partial charge in [-0.25, -0.2) is 34.1 Å². The summed E-state index contributed by atoms with van der Waals surface area (Å²) in [5.74, 6) is -2.04. The molecule has 0 bridgehead atoms. The first-order valence-electron chi connectivity index (χ1n) is 21.0. The molecule has 342 valence electrons. The van der Waals surface area contributed by atoms with E-state index in [4.69, 9.17) is 28.4 Å². The van der Waals surface area contributed by atoms with Crippen LogP contribution in [0.15, 0.2) is 43.0 Å². The summed E-state index contributed by atoms with van der Waals surface area (Å²) in [4.78, 5) is 68.2. The highest BCUT2D eigenvalue weighted by molar-refractivity contribution is 5.93. The lowest BCUT2D eigenvalue weighted by atomic mass is 10.1. The van der Waals surface area contributed by atoms with Gasteiger partial charge in [-0.3, -0.25) is 9.88 Å². The molecule has 2 aliphatic heterocycles. The second kappa shape index (κ2) is 19.5. The number of imidazole rings is 1. The molecule has 62 heavy (non-hydrogen) atoms. The Kier molecular flexibility index (Phi) is 15.1. The van der Waals surface area contributed by atoms with E-state index >= 15 is 0 Å². The van der Waals surface area contributed by atoms with Crippen LogP contribution in [-0.2, 0) is 39.6 Å². The highest BCUT2D eigenvalue weighted by Gasteiger charge is 2.56. The monoisotopic (exact) mass is 868 g/mol. The number of amides is 3. The summed E-state index contributed by atoms with van der Waals surface area (Å²) < 4.78 is 37.9. The van der Waals surface area contributed by atoms with Crippen molar-refractivity contribution in [2.24, 2.45) is 0 Å². The van der Waals surface area contributed by atoms with E-state index in [0.717, 1.165) is 5.56 Å². The predicted molar refractivity (Wildman–Crippen MR) is 227 cm³/mol. The van der Waals surface area contributed by atoms with Crippen molar-refractivity contribution >= 4 is 41.2 Å². The summed E-state index contributed by atoms with van der Waals surface area (Å²) in [6, 6.07) is 8.62. The van der Waals surface area contributed by atoms with Crippen LogP contribution in [0.5, 0.6) is 0 Å². The summed E-state index contributed by atoms with van der Waals surface area (Å²) >= 11 is 0. The van der Waals surface area contributed by atoms with Crippen LogP contribution in [0.3, 0.4) is 0 Å². The second-order valence-corrected chi connectivity index (χ2v) is 19.0. The molecule has 2 aliphatic rings. The van der Waals surface area contributed by atoms with E-state index in [1.165, 1.54) is 12.7 Å². The van der Waals surface area contributed by atoms with Gasteiger partial charge >= 0.3 is 24.2 Å². The van der Waals surface area contributed by atoms with E-state index in [9.17, 15) is 24.3 Å². The molecule has 2 fully saturated rings. The summed E-state index contributed by atoms with van der Waals surface area (Å²) in [5, 5.41) is 15.3. The maximum atomic E-state index is 13.5. The predicted octanol–water partition coefficient (Wildman–Crippen LogP) is 6.13. The Hall–Kier alpha value is -5.11. The van der Waals surface area contributed by atoms with E-state index in [-0.39, 0.29) is 25.3 Å². The normalized spacial score (nSPS) is 20.4. The zero-order valence-corrected chi connectivity index (χ0v) is 37.8. The molecule has 1 aromatic carbocycles. The van der Waals surface area contributed by atoms with Gasteiger partial charge in [-0.15, -0.1) is 0 Å². The van der Waals surface area contributed by atoms with Crippen LogP contribution in [0.4, 0.5) is 20.2 Å². The number of carboxylic acids is 1. The lowest BCUT2D eigenvalue weighted by Gasteiger charge is -2.31. The van der Waals surface area contributed by atoms with Gasteiger partial charge < -0.3 is 48.6 Å². The summed E-state index contributed by atoms with van der Waals surface area (Å²) in [6.45, 7) is 21.1. The third-order valence-corrected chi connectivity index (χ3v) is 9.61. The molecule has 19 heteroatoms. The van der Waals surface area contributed by atoms with Crippen LogP contribution in [-0.4, -0.2) is 138 Å². The lowest BCUT2D eigenvalue weighted by Crippen LogP contribution is -2.47. The summed E-state index contributed by atoms with van der Waals surface area (Å²) in [7, 11) is 0. The average Bonchev–Trinajstić information content (AvgIpc) is 3.80. The number of carbonyl (C=O) groups is 4. The maximum absolute atomic E-state index is 13.5. The number of carboxylic acid groups (broad SMARTS) is 1. The number of alkyl carbamates (subject to hydrolysis) is 1. The molecule has 19 nitrogen and oxygen atoms in total. The molecular weight excluding hydrogens is 805 g/mol. The first-order valence-corrected chi connectivity index (χ1v) is 21.0. The number of nitrogens with zero attached hydrogens (tertiary/aromatic N) is 6. The van der Waals surface area contributed by atoms with Crippen LogP contribution in [0, 0.1) is 0 Å². The number of aromatic nitrogens is 4. The van der Waals surface area contributed by atoms with Gasteiger partial charge in [0.15, 0.2) is 29.0 Å². The molecular formula is C43H64N8O11. The van der Waals surface area contributed by atoms with Crippen molar-refractivity contribution in [3.63, 3.8) is 0 Å². The van der Waals surface area contributed by atoms with Gasteiger partial charge in [0.25, 0.3) is 0 Å². The highest BCUT2D eigenvalue weighted by Crippen LogP contribution is 2.44. The Labute approximate surface area is 363 Å². The number of nitrogens with one attached hydrogen (secondary N) is 2. The Bertz CT molecular complexity index is 2010. The smallest absolute Gasteiger partial charge is 0.413 e. The molecule has 4 heterocycles. The number of hydrogen-bond acceptors (Lipinski definition) is 14. The van der Waals surface area contributed by atoms with Crippen molar-refractivity contribution in [1.29, 1.82) is 0 Å². The molecule has 2 saturated heterocycles. The fraction of sp³-hybridized carbons (Fsp3) is 0.651. The maximum Gasteiger partial charge on any atom is 0.413 e. The SMILES string of the molecule is CC(C)(C)OC(=O)Nc1ncnc2c1ncn2[C@@H]1O[C@H](CN(CCCN(CCc2ccccc2)C(=O)OC(C)(C)C)CCC(NC(=O)OC(C)(C)C)C(=O)O)[C@H]2OC(C)(C)O[C@H]21. The Morgan fingerprint density at radius 3 is 2.13 bits per heavy atom. The van der Waals surface area contributed by atoms with Gasteiger partial charge in [0, 0.05) is 26.2 Å². The summed E-state index contributed by atoms with van der Waals surface area (Å²) in [5.41, 5.74) is -0.505. The first kappa shape index (κ1) is 47.9. The van der Waals surface area contributed by atoms with Crippen LogP contribution >= 0.6 is 0 Å². The Balaban J connectivity index is 1.38. The number of benzene rings is 1. The van der Waals surface area contributed by atoms with Crippen molar-refractivity contribution in [1.82, 2.24) is 34.6 Å². The van der Waals surface area contributed by atoms with Crippen molar-refractivity contribution in [3.8, 4) is 0 Å². The quantitative estimate of drug-likeness (QED) is 0.138. The molecule has 5 atom stereocenters. The van der Waals surface area contributed by atoms with Gasteiger partial charge in [0.2, 0.25) is 0 Å². The molecule has 3 amide bonds. The van der Waals surface area contributed by atoms with E-state index in [1.54, 1.807) is 51.0 Å². The fourth-order valence-corrected chi connectivity index (χ4v) is 7.14. The van der Waals surface area contributed by atoms with Crippen molar-refractivity contribution in [3.05, 3.63) is 48.5 Å². The number of anilines is 1. The summed E-state index contributed by atoms with van der Waals surface area (Å²) in [6.07, 6.45) is -0.549. The molecule has 3 aromatic rings. The van der Waals surface area contributed by atoms with E-state index in [2.05, 4.69) is 25.6 Å². The molecule has 2 aromatic heterocycles. The molecule has 0 saturated carbocycles. The molecule has 3 N–H and O–H groups in total. The van der Waals surface area contributed by atoms with Crippen LogP contribution in [0.2, 0.25) is 0 Å². The minimum Gasteiger partial charge on any atom is -0.480 e. The van der Waals surface area contributed by atoms with Crippen LogP contribution in [0.1, 0.15) is 101 Å². The zero-order valence-electron chi connectivity index (χ0n) is 37.8. The Morgan fingerprint density at radius 1 is 0.839 bits per heavy atom. The van der Waals surface area contributed by atoms with Gasteiger partial charge in [0.05, 0.1) is 6.33 Å². The number of hydrogen-bond donors (Lipinski definition) is 3. The average molecular weight is 869 g/mol. The topological polar surface area (TPSA) is 218 Å². The lowest BCUT2D eigenvalue weighted by molar-refractivity contribution is -0.198. The van der Waals surface area contributed by atoms with Crippen molar-refractivity contribution < 1.29 is 52.7 Å². The van der Waals surface area contributed by atoms with Gasteiger partial charge in [-0.2, -0.15) is 0 Å². The molecule has 0 spiro atoms. The van der Waals surface area contributed by atoms with Crippen molar-refractivity contribution in [2.45, 2.75) is 149 Å². The third kappa shape index (κ3) is 14.0. The van der Waals surface area contributed by atoms with Gasteiger partial charge in [-0.1, -0.05) is 30.3 Å². The Morgan fingerprint density at radius 2 is 1.48 bits per heavy atom. The second-order valence-electron chi connectivity index (χ2n) is 19.0. The van der Waals surface area contributed by atoms with Gasteiger partial charge in [0.1, 0.15) is 47.5 Å².